The fraction of sp³-hybridized carbons (Fsp3) is 0.143. The summed E-state index contributed by atoms with van der Waals surface area (Å²) in [6.07, 6.45) is 0. The largest absolute Gasteiger partial charge is 0.326 e. The van der Waals surface area contributed by atoms with Gasteiger partial charge in [-0.3, -0.25) is 10.1 Å². The number of hydrogen-bond acceptors (Lipinski definition) is 4. The van der Waals surface area contributed by atoms with Gasteiger partial charge in [-0.2, -0.15) is 0 Å². The van der Waals surface area contributed by atoms with E-state index in [4.69, 9.17) is 17.3 Å². The van der Waals surface area contributed by atoms with Crippen LogP contribution in [0.2, 0.25) is 5.02 Å². The van der Waals surface area contributed by atoms with Crippen LogP contribution in [-0.2, 0) is 12.3 Å². The highest BCUT2D eigenvalue weighted by molar-refractivity contribution is 7.98. The number of halogens is 1. The molecule has 0 amide bonds. The Morgan fingerprint density at radius 2 is 2.05 bits per heavy atom. The van der Waals surface area contributed by atoms with Crippen molar-refractivity contribution in [2.75, 3.05) is 0 Å². The predicted octanol–water partition coefficient (Wildman–Crippen LogP) is 4.00. The van der Waals surface area contributed by atoms with Crippen LogP contribution in [0, 0.1) is 10.1 Å². The Bertz CT molecular complexity index is 634. The van der Waals surface area contributed by atoms with E-state index < -0.39 is 0 Å². The first-order chi connectivity index (χ1) is 9.60. The summed E-state index contributed by atoms with van der Waals surface area (Å²) >= 11 is 7.43. The number of rotatable bonds is 5. The third-order valence-electron chi connectivity index (χ3n) is 2.77. The van der Waals surface area contributed by atoms with E-state index >= 15 is 0 Å². The van der Waals surface area contributed by atoms with Crippen molar-refractivity contribution >= 4 is 29.1 Å². The third kappa shape index (κ3) is 3.72. The molecule has 104 valence electrons. The van der Waals surface area contributed by atoms with Gasteiger partial charge >= 0.3 is 0 Å². The molecule has 0 saturated heterocycles. The predicted molar refractivity (Wildman–Crippen MR) is 82.0 cm³/mol. The van der Waals surface area contributed by atoms with Crippen LogP contribution >= 0.6 is 23.4 Å². The Morgan fingerprint density at radius 3 is 2.75 bits per heavy atom. The zero-order valence-corrected chi connectivity index (χ0v) is 12.2. The Labute approximate surface area is 126 Å². The van der Waals surface area contributed by atoms with Crippen LogP contribution in [0.5, 0.6) is 0 Å². The van der Waals surface area contributed by atoms with Crippen molar-refractivity contribution in [3.05, 3.63) is 68.7 Å². The lowest BCUT2D eigenvalue weighted by Crippen LogP contribution is -1.96. The molecule has 0 aliphatic carbocycles. The summed E-state index contributed by atoms with van der Waals surface area (Å²) in [6, 6.07) is 12.4. The van der Waals surface area contributed by atoms with E-state index in [1.54, 1.807) is 6.07 Å². The van der Waals surface area contributed by atoms with Crippen LogP contribution in [0.4, 0.5) is 5.69 Å². The zero-order valence-electron chi connectivity index (χ0n) is 10.6. The Hall–Kier alpha value is -1.56. The van der Waals surface area contributed by atoms with E-state index in [1.807, 2.05) is 24.3 Å². The SMILES string of the molecule is NCc1cccc(SCc2cc(Cl)ccc2[N+](=O)[O-])c1. The van der Waals surface area contributed by atoms with Gasteiger partial charge in [-0.05, 0) is 29.8 Å². The summed E-state index contributed by atoms with van der Waals surface area (Å²) in [6.45, 7) is 0.478. The number of thioether (sulfide) groups is 1. The van der Waals surface area contributed by atoms with Gasteiger partial charge in [0.15, 0.2) is 0 Å². The summed E-state index contributed by atoms with van der Waals surface area (Å²) in [5.41, 5.74) is 7.34. The quantitative estimate of drug-likeness (QED) is 0.515. The second-order valence-electron chi connectivity index (χ2n) is 4.17. The van der Waals surface area contributed by atoms with Gasteiger partial charge in [-0.25, -0.2) is 0 Å². The van der Waals surface area contributed by atoms with Gasteiger partial charge < -0.3 is 5.73 Å². The van der Waals surface area contributed by atoms with Gasteiger partial charge in [0.1, 0.15) is 0 Å². The number of nitro groups is 1. The fourth-order valence-corrected chi connectivity index (χ4v) is 2.93. The Balaban J connectivity index is 2.17. The molecular formula is C14H13ClN2O2S. The van der Waals surface area contributed by atoms with Gasteiger partial charge in [0, 0.05) is 33.8 Å². The van der Waals surface area contributed by atoms with E-state index in [1.165, 1.54) is 23.9 Å². The highest BCUT2D eigenvalue weighted by Gasteiger charge is 2.14. The van der Waals surface area contributed by atoms with E-state index in [-0.39, 0.29) is 10.6 Å². The molecule has 0 aromatic heterocycles. The van der Waals surface area contributed by atoms with Crippen molar-refractivity contribution < 1.29 is 4.92 Å². The molecule has 2 aromatic rings. The summed E-state index contributed by atoms with van der Waals surface area (Å²) in [5, 5.41) is 11.5. The van der Waals surface area contributed by atoms with Gasteiger partial charge in [0.2, 0.25) is 0 Å². The molecule has 0 fully saturated rings. The van der Waals surface area contributed by atoms with Gasteiger partial charge in [-0.15, -0.1) is 11.8 Å². The molecular weight excluding hydrogens is 296 g/mol. The molecule has 0 unspecified atom stereocenters. The van der Waals surface area contributed by atoms with E-state index in [0.717, 1.165) is 10.5 Å². The monoisotopic (exact) mass is 308 g/mol. The summed E-state index contributed by atoms with van der Waals surface area (Å²) in [7, 11) is 0. The first-order valence-corrected chi connectivity index (χ1v) is 7.31. The minimum atomic E-state index is -0.386. The van der Waals surface area contributed by atoms with E-state index in [2.05, 4.69) is 0 Å². The van der Waals surface area contributed by atoms with Gasteiger partial charge in [-0.1, -0.05) is 23.7 Å². The zero-order chi connectivity index (χ0) is 14.5. The average molecular weight is 309 g/mol. The molecule has 2 N–H and O–H groups in total. The van der Waals surface area contributed by atoms with E-state index in [9.17, 15) is 10.1 Å². The van der Waals surface area contributed by atoms with Crippen molar-refractivity contribution in [2.24, 2.45) is 5.73 Å². The number of nitrogens with two attached hydrogens (primary N) is 1. The van der Waals surface area contributed by atoms with Crippen LogP contribution in [0.3, 0.4) is 0 Å². The molecule has 0 atom stereocenters. The topological polar surface area (TPSA) is 69.2 Å². The minimum absolute atomic E-state index is 0.0943. The van der Waals surface area contributed by atoms with Crippen LogP contribution in [0.25, 0.3) is 0 Å². The summed E-state index contributed by atoms with van der Waals surface area (Å²) in [5.74, 6) is 0.491. The molecule has 4 nitrogen and oxygen atoms in total. The van der Waals surface area contributed by atoms with Crippen molar-refractivity contribution in [1.29, 1.82) is 0 Å². The molecule has 0 spiro atoms. The molecule has 0 heterocycles. The van der Waals surface area contributed by atoms with Crippen molar-refractivity contribution in [3.8, 4) is 0 Å². The number of nitro benzene ring substituents is 1. The third-order valence-corrected chi connectivity index (χ3v) is 4.04. The van der Waals surface area contributed by atoms with Crippen LogP contribution in [0.1, 0.15) is 11.1 Å². The maximum atomic E-state index is 11.0. The normalized spacial score (nSPS) is 10.5. The van der Waals surface area contributed by atoms with Crippen molar-refractivity contribution in [2.45, 2.75) is 17.2 Å². The van der Waals surface area contributed by atoms with E-state index in [0.29, 0.717) is 22.9 Å². The average Bonchev–Trinajstić information content (AvgIpc) is 2.45. The number of nitrogens with zero attached hydrogens (tertiary/aromatic N) is 1. The molecule has 0 aliphatic rings. The fourth-order valence-electron chi connectivity index (χ4n) is 1.77. The second-order valence-corrected chi connectivity index (χ2v) is 5.66. The lowest BCUT2D eigenvalue weighted by Gasteiger charge is -2.05. The molecule has 20 heavy (non-hydrogen) atoms. The molecule has 0 saturated carbocycles. The standard InChI is InChI=1S/C14H13ClN2O2S/c15-12-4-5-14(17(18)19)11(7-12)9-20-13-3-1-2-10(6-13)8-16/h1-7H,8-9,16H2. The smallest absolute Gasteiger partial charge is 0.273 e. The summed E-state index contributed by atoms with van der Waals surface area (Å²) < 4.78 is 0. The molecule has 0 radical (unpaired) electrons. The lowest BCUT2D eigenvalue weighted by atomic mass is 10.2. The number of benzene rings is 2. The molecule has 0 aliphatic heterocycles. The van der Waals surface area contributed by atoms with Crippen LogP contribution in [0.15, 0.2) is 47.4 Å². The van der Waals surface area contributed by atoms with Gasteiger partial charge in [0.05, 0.1) is 4.92 Å². The minimum Gasteiger partial charge on any atom is -0.326 e. The molecule has 2 rings (SSSR count). The Kier molecular flexibility index (Phi) is 5.00. The van der Waals surface area contributed by atoms with Crippen molar-refractivity contribution in [1.82, 2.24) is 0 Å². The highest BCUT2D eigenvalue weighted by atomic mass is 35.5. The molecule has 6 heteroatoms. The van der Waals surface area contributed by atoms with Crippen LogP contribution in [-0.4, -0.2) is 4.92 Å². The Morgan fingerprint density at radius 1 is 1.25 bits per heavy atom. The maximum absolute atomic E-state index is 11.0. The lowest BCUT2D eigenvalue weighted by molar-refractivity contribution is -0.385. The number of hydrogen-bond donors (Lipinski definition) is 1. The summed E-state index contributed by atoms with van der Waals surface area (Å²) in [4.78, 5) is 11.6. The highest BCUT2D eigenvalue weighted by Crippen LogP contribution is 2.30. The van der Waals surface area contributed by atoms with Crippen LogP contribution < -0.4 is 5.73 Å². The molecule has 0 bridgehead atoms. The molecule has 2 aromatic carbocycles. The first kappa shape index (κ1) is 14.8. The van der Waals surface area contributed by atoms with Gasteiger partial charge in [0.25, 0.3) is 5.69 Å². The maximum Gasteiger partial charge on any atom is 0.273 e. The second kappa shape index (κ2) is 6.74. The van der Waals surface area contributed by atoms with Crippen molar-refractivity contribution in [3.63, 3.8) is 0 Å². The first-order valence-electron chi connectivity index (χ1n) is 5.95.